The highest BCUT2D eigenvalue weighted by atomic mass is 16.6. The normalized spacial score (nSPS) is 13.0. The minimum absolute atomic E-state index is 0.137. The Labute approximate surface area is 251 Å². The first kappa shape index (κ1) is 31.0. The van der Waals surface area contributed by atoms with E-state index in [0.717, 1.165) is 16.8 Å². The predicted molar refractivity (Wildman–Crippen MR) is 163 cm³/mol. The molecule has 0 aromatic heterocycles. The Kier molecular flexibility index (Phi) is 11.8. The third-order valence-electron chi connectivity index (χ3n) is 6.65. The molecule has 0 bridgehead atoms. The summed E-state index contributed by atoms with van der Waals surface area (Å²) in [6, 6.07) is 24.5. The van der Waals surface area contributed by atoms with Crippen LogP contribution in [0.15, 0.2) is 91.0 Å². The van der Waals surface area contributed by atoms with E-state index in [1.165, 1.54) is 0 Å². The van der Waals surface area contributed by atoms with Crippen molar-refractivity contribution in [3.8, 4) is 5.75 Å². The fourth-order valence-corrected chi connectivity index (χ4v) is 4.27. The van der Waals surface area contributed by atoms with Crippen LogP contribution in [0, 0.1) is 0 Å². The standard InChI is InChI=1S/C33H37N3O7/c1-2-31(37)41-22-10-9-21-40-30-23-28(15-16-29(30)34-32(38)42-24-26-11-5-3-6-12-26)35-17-19-36(20-18-35)33(39)43-25-27-13-7-4-8-14-27/h3-16,23H,2,17-22,24-25H2,1H3,(H,34,38)/b10-9-. The van der Waals surface area contributed by atoms with Gasteiger partial charge in [0.05, 0.1) is 5.69 Å². The highest BCUT2D eigenvalue weighted by Crippen LogP contribution is 2.31. The van der Waals surface area contributed by atoms with Crippen LogP contribution in [-0.4, -0.2) is 62.4 Å². The first-order valence-corrected chi connectivity index (χ1v) is 14.3. The predicted octanol–water partition coefficient (Wildman–Crippen LogP) is 5.78. The number of nitrogens with one attached hydrogen (secondary N) is 1. The molecule has 1 N–H and O–H groups in total. The number of carbonyl (C=O) groups excluding carboxylic acids is 3. The first-order chi connectivity index (χ1) is 21.0. The van der Waals surface area contributed by atoms with Crippen LogP contribution in [0.5, 0.6) is 5.75 Å². The maximum Gasteiger partial charge on any atom is 0.412 e. The van der Waals surface area contributed by atoms with Gasteiger partial charge in [0, 0.05) is 44.4 Å². The quantitative estimate of drug-likeness (QED) is 0.161. The van der Waals surface area contributed by atoms with E-state index in [9.17, 15) is 14.4 Å². The van der Waals surface area contributed by atoms with Crippen molar-refractivity contribution in [1.82, 2.24) is 4.90 Å². The third-order valence-corrected chi connectivity index (χ3v) is 6.65. The maximum absolute atomic E-state index is 12.6. The molecule has 10 heteroatoms. The Bertz CT molecular complexity index is 1360. The third kappa shape index (κ3) is 10.1. The van der Waals surface area contributed by atoms with Crippen LogP contribution in [0.2, 0.25) is 0 Å². The molecule has 0 atom stereocenters. The van der Waals surface area contributed by atoms with Crippen molar-refractivity contribution in [1.29, 1.82) is 0 Å². The van der Waals surface area contributed by atoms with Crippen LogP contribution in [0.25, 0.3) is 0 Å². The fraction of sp³-hybridized carbons (Fsp3) is 0.303. The van der Waals surface area contributed by atoms with Gasteiger partial charge < -0.3 is 28.7 Å². The topological polar surface area (TPSA) is 107 Å². The van der Waals surface area contributed by atoms with Gasteiger partial charge in [0.25, 0.3) is 0 Å². The number of rotatable bonds is 12. The van der Waals surface area contributed by atoms with Gasteiger partial charge in [0.15, 0.2) is 0 Å². The highest BCUT2D eigenvalue weighted by Gasteiger charge is 2.23. The van der Waals surface area contributed by atoms with E-state index < -0.39 is 6.09 Å². The molecule has 43 heavy (non-hydrogen) atoms. The van der Waals surface area contributed by atoms with Crippen LogP contribution < -0.4 is 15.0 Å². The van der Waals surface area contributed by atoms with Crippen LogP contribution >= 0.6 is 0 Å². The van der Waals surface area contributed by atoms with Gasteiger partial charge >= 0.3 is 18.2 Å². The van der Waals surface area contributed by atoms with E-state index >= 15 is 0 Å². The molecule has 10 nitrogen and oxygen atoms in total. The lowest BCUT2D eigenvalue weighted by Crippen LogP contribution is -2.48. The molecular weight excluding hydrogens is 550 g/mol. The second kappa shape index (κ2) is 16.5. The van der Waals surface area contributed by atoms with Gasteiger partial charge in [-0.1, -0.05) is 67.6 Å². The van der Waals surface area contributed by atoms with E-state index in [-0.39, 0.29) is 38.5 Å². The number of ether oxygens (including phenoxy) is 4. The Hall–Kier alpha value is -4.99. The molecule has 0 saturated carbocycles. The summed E-state index contributed by atoms with van der Waals surface area (Å²) in [5.41, 5.74) is 3.16. The monoisotopic (exact) mass is 587 g/mol. The van der Waals surface area contributed by atoms with E-state index in [2.05, 4.69) is 10.2 Å². The van der Waals surface area contributed by atoms with Crippen molar-refractivity contribution in [2.75, 3.05) is 49.6 Å². The van der Waals surface area contributed by atoms with E-state index in [1.54, 1.807) is 30.0 Å². The van der Waals surface area contributed by atoms with Crippen molar-refractivity contribution in [3.05, 3.63) is 102 Å². The number of anilines is 2. The van der Waals surface area contributed by atoms with Crippen LogP contribution in [0.4, 0.5) is 21.0 Å². The Balaban J connectivity index is 1.35. The first-order valence-electron chi connectivity index (χ1n) is 14.3. The maximum atomic E-state index is 12.6. The molecule has 1 aliphatic heterocycles. The average molecular weight is 588 g/mol. The van der Waals surface area contributed by atoms with Crippen molar-refractivity contribution >= 4 is 29.5 Å². The van der Waals surface area contributed by atoms with E-state index in [1.807, 2.05) is 72.8 Å². The summed E-state index contributed by atoms with van der Waals surface area (Å²) in [5, 5.41) is 2.77. The summed E-state index contributed by atoms with van der Waals surface area (Å²) < 4.78 is 21.9. The van der Waals surface area contributed by atoms with Crippen molar-refractivity contribution in [3.63, 3.8) is 0 Å². The van der Waals surface area contributed by atoms with Crippen LogP contribution in [0.1, 0.15) is 24.5 Å². The van der Waals surface area contributed by atoms with Crippen molar-refractivity contribution in [2.45, 2.75) is 26.6 Å². The molecule has 226 valence electrons. The summed E-state index contributed by atoms with van der Waals surface area (Å²) in [6.45, 7) is 4.69. The van der Waals surface area contributed by atoms with E-state index in [0.29, 0.717) is 44.0 Å². The second-order valence-corrected chi connectivity index (χ2v) is 9.70. The molecular formula is C33H37N3O7. The van der Waals surface area contributed by atoms with Crippen molar-refractivity contribution < 1.29 is 33.3 Å². The molecule has 1 saturated heterocycles. The fourth-order valence-electron chi connectivity index (χ4n) is 4.27. The lowest BCUT2D eigenvalue weighted by Gasteiger charge is -2.35. The molecule has 3 aromatic rings. The minimum Gasteiger partial charge on any atom is -0.487 e. The van der Waals surface area contributed by atoms with Gasteiger partial charge in [0.2, 0.25) is 0 Å². The highest BCUT2D eigenvalue weighted by molar-refractivity contribution is 5.87. The number of hydrogen-bond donors (Lipinski definition) is 1. The van der Waals surface area contributed by atoms with Crippen LogP contribution in [-0.2, 0) is 32.2 Å². The smallest absolute Gasteiger partial charge is 0.412 e. The molecule has 1 heterocycles. The van der Waals surface area contributed by atoms with Gasteiger partial charge in [-0.05, 0) is 35.4 Å². The van der Waals surface area contributed by atoms with Crippen molar-refractivity contribution in [2.24, 2.45) is 0 Å². The summed E-state index contributed by atoms with van der Waals surface area (Å²) in [7, 11) is 0. The average Bonchev–Trinajstić information content (AvgIpc) is 3.05. The second-order valence-electron chi connectivity index (χ2n) is 9.70. The zero-order valence-corrected chi connectivity index (χ0v) is 24.3. The molecule has 2 amide bonds. The van der Waals surface area contributed by atoms with Crippen LogP contribution in [0.3, 0.4) is 0 Å². The number of piperazine rings is 1. The van der Waals surface area contributed by atoms with E-state index in [4.69, 9.17) is 18.9 Å². The Morgan fingerprint density at radius 1 is 0.767 bits per heavy atom. The van der Waals surface area contributed by atoms with Gasteiger partial charge in [-0.15, -0.1) is 0 Å². The molecule has 0 radical (unpaired) electrons. The number of benzene rings is 3. The van der Waals surface area contributed by atoms with Gasteiger partial charge in [-0.2, -0.15) is 0 Å². The summed E-state index contributed by atoms with van der Waals surface area (Å²) >= 11 is 0. The summed E-state index contributed by atoms with van der Waals surface area (Å²) in [6.07, 6.45) is 2.82. The number of esters is 1. The number of hydrogen-bond acceptors (Lipinski definition) is 8. The SMILES string of the molecule is CCC(=O)OC/C=C\COc1cc(N2CCN(C(=O)OCc3ccccc3)CC2)ccc1NC(=O)OCc1ccccc1. The zero-order chi connectivity index (χ0) is 30.3. The molecule has 3 aromatic carbocycles. The zero-order valence-electron chi connectivity index (χ0n) is 24.3. The molecule has 0 aliphatic carbocycles. The Morgan fingerprint density at radius 2 is 1.40 bits per heavy atom. The minimum atomic E-state index is -0.605. The Morgan fingerprint density at radius 3 is 2.05 bits per heavy atom. The summed E-state index contributed by atoms with van der Waals surface area (Å²) in [5.74, 6) is 0.178. The van der Waals surface area contributed by atoms with Gasteiger partial charge in [-0.25, -0.2) is 9.59 Å². The van der Waals surface area contributed by atoms with Gasteiger partial charge in [0.1, 0.15) is 32.2 Å². The molecule has 1 fully saturated rings. The number of carbonyl (C=O) groups is 3. The molecule has 4 rings (SSSR count). The summed E-state index contributed by atoms with van der Waals surface area (Å²) in [4.78, 5) is 40.3. The molecule has 1 aliphatic rings. The van der Waals surface area contributed by atoms with Gasteiger partial charge in [-0.3, -0.25) is 10.1 Å². The lowest BCUT2D eigenvalue weighted by molar-refractivity contribution is -0.141. The number of nitrogens with zero attached hydrogens (tertiary/aromatic N) is 2. The lowest BCUT2D eigenvalue weighted by atomic mass is 10.2. The molecule has 0 spiro atoms. The molecule has 0 unspecified atom stereocenters. The number of amides is 2. The largest absolute Gasteiger partial charge is 0.487 e.